The number of hydrogen-bond acceptors (Lipinski definition) is 2. The van der Waals surface area contributed by atoms with E-state index in [1.54, 1.807) is 0 Å². The number of hydrogen-bond donors (Lipinski definition) is 1. The summed E-state index contributed by atoms with van der Waals surface area (Å²) in [7, 11) is 0. The smallest absolute Gasteiger partial charge is 0.0484 e. The summed E-state index contributed by atoms with van der Waals surface area (Å²) in [5.74, 6) is 0.573. The number of benzene rings is 1. The van der Waals surface area contributed by atoms with Crippen molar-refractivity contribution in [2.24, 2.45) is 0 Å². The lowest BCUT2D eigenvalue weighted by Gasteiger charge is -2.22. The minimum Gasteiger partial charge on any atom is -0.317 e. The lowest BCUT2D eigenvalue weighted by Crippen LogP contribution is -2.27. The summed E-state index contributed by atoms with van der Waals surface area (Å²) in [5, 5.41) is 4.19. The maximum Gasteiger partial charge on any atom is 0.0484 e. The summed E-state index contributed by atoms with van der Waals surface area (Å²) in [4.78, 5) is 4.55. The second kappa shape index (κ2) is 5.72. The van der Waals surface area contributed by atoms with Gasteiger partial charge in [0.15, 0.2) is 0 Å². The molecule has 3 heteroatoms. The molecule has 0 bridgehead atoms. The Morgan fingerprint density at radius 1 is 1.11 bits per heavy atom. The van der Waals surface area contributed by atoms with Gasteiger partial charge in [-0.25, -0.2) is 0 Å². The van der Waals surface area contributed by atoms with Crippen molar-refractivity contribution in [3.8, 4) is 11.1 Å². The molecule has 0 aliphatic carbocycles. The van der Waals surface area contributed by atoms with E-state index in [2.05, 4.69) is 22.4 Å². The molecule has 1 aromatic heterocycles. The van der Waals surface area contributed by atoms with Gasteiger partial charge >= 0.3 is 0 Å². The molecule has 0 spiro atoms. The normalized spacial score (nSPS) is 16.5. The van der Waals surface area contributed by atoms with Gasteiger partial charge in [0, 0.05) is 28.4 Å². The van der Waals surface area contributed by atoms with Gasteiger partial charge in [0.2, 0.25) is 0 Å². The largest absolute Gasteiger partial charge is 0.317 e. The number of halogens is 1. The predicted octanol–water partition coefficient (Wildman–Crippen LogP) is 3.87. The first-order chi connectivity index (χ1) is 9.34. The molecule has 0 amide bonds. The lowest BCUT2D eigenvalue weighted by molar-refractivity contribution is 0.453. The number of nitrogens with one attached hydrogen (secondary N) is 1. The molecule has 1 N–H and O–H groups in total. The quantitative estimate of drug-likeness (QED) is 0.898. The zero-order valence-corrected chi connectivity index (χ0v) is 11.5. The fraction of sp³-hybridized carbons (Fsp3) is 0.312. The van der Waals surface area contributed by atoms with Gasteiger partial charge in [-0.3, -0.25) is 4.98 Å². The highest BCUT2D eigenvalue weighted by Gasteiger charge is 2.17. The first-order valence-corrected chi connectivity index (χ1v) is 7.14. The molecule has 0 atom stereocenters. The van der Waals surface area contributed by atoms with Crippen LogP contribution in [0.3, 0.4) is 0 Å². The number of aromatic nitrogens is 1. The van der Waals surface area contributed by atoms with Crippen molar-refractivity contribution in [1.82, 2.24) is 10.3 Å². The van der Waals surface area contributed by atoms with E-state index in [1.165, 1.54) is 18.5 Å². The minimum atomic E-state index is 0.573. The molecule has 1 fully saturated rings. The van der Waals surface area contributed by atoms with Crippen LogP contribution in [0.5, 0.6) is 0 Å². The molecule has 1 aliphatic heterocycles. The molecule has 3 rings (SSSR count). The van der Waals surface area contributed by atoms with Gasteiger partial charge in [0.05, 0.1) is 0 Å². The zero-order chi connectivity index (χ0) is 13.1. The van der Waals surface area contributed by atoms with Crippen LogP contribution in [0.2, 0.25) is 5.02 Å². The standard InChI is InChI=1S/C16H17ClN2/c17-15-4-2-1-3-14(15)13-7-10-19-16(11-13)12-5-8-18-9-6-12/h1-4,7,10-12,18H,5-6,8-9H2. The average Bonchev–Trinajstić information content (AvgIpc) is 2.49. The van der Waals surface area contributed by atoms with Crippen LogP contribution in [-0.4, -0.2) is 18.1 Å². The molecule has 0 saturated carbocycles. The Bertz CT molecular complexity index is 562. The van der Waals surface area contributed by atoms with Gasteiger partial charge in [-0.1, -0.05) is 29.8 Å². The molecule has 19 heavy (non-hydrogen) atoms. The van der Waals surface area contributed by atoms with E-state index in [4.69, 9.17) is 11.6 Å². The summed E-state index contributed by atoms with van der Waals surface area (Å²) in [6.07, 6.45) is 4.23. The third kappa shape index (κ3) is 2.80. The van der Waals surface area contributed by atoms with E-state index in [1.807, 2.05) is 30.5 Å². The molecular formula is C16H17ClN2. The molecule has 1 aromatic carbocycles. The summed E-state index contributed by atoms with van der Waals surface area (Å²) >= 11 is 6.27. The van der Waals surface area contributed by atoms with Crippen LogP contribution >= 0.6 is 11.6 Å². The summed E-state index contributed by atoms with van der Waals surface area (Å²) in [6.45, 7) is 2.17. The van der Waals surface area contributed by atoms with Gasteiger partial charge in [0.25, 0.3) is 0 Å². The number of nitrogens with zero attached hydrogens (tertiary/aromatic N) is 1. The summed E-state index contributed by atoms with van der Waals surface area (Å²) in [5.41, 5.74) is 3.44. The van der Waals surface area contributed by atoms with Gasteiger partial charge < -0.3 is 5.32 Å². The minimum absolute atomic E-state index is 0.573. The molecular weight excluding hydrogens is 256 g/mol. The average molecular weight is 273 g/mol. The highest BCUT2D eigenvalue weighted by atomic mass is 35.5. The molecule has 2 nitrogen and oxygen atoms in total. The molecule has 1 saturated heterocycles. The second-order valence-corrected chi connectivity index (χ2v) is 5.38. The Hall–Kier alpha value is -1.38. The second-order valence-electron chi connectivity index (χ2n) is 4.97. The number of pyridine rings is 1. The molecule has 2 heterocycles. The first-order valence-electron chi connectivity index (χ1n) is 6.76. The van der Waals surface area contributed by atoms with Gasteiger partial charge in [0.1, 0.15) is 0 Å². The van der Waals surface area contributed by atoms with Crippen molar-refractivity contribution in [2.75, 3.05) is 13.1 Å². The Kier molecular flexibility index (Phi) is 3.81. The van der Waals surface area contributed by atoms with Crippen molar-refractivity contribution >= 4 is 11.6 Å². The Morgan fingerprint density at radius 2 is 1.89 bits per heavy atom. The van der Waals surface area contributed by atoms with Gasteiger partial charge in [-0.05, 0) is 49.7 Å². The fourth-order valence-corrected chi connectivity index (χ4v) is 2.90. The molecule has 1 aliphatic rings. The van der Waals surface area contributed by atoms with Crippen LogP contribution < -0.4 is 5.32 Å². The van der Waals surface area contributed by atoms with E-state index in [0.29, 0.717) is 5.92 Å². The maximum absolute atomic E-state index is 6.27. The molecule has 0 unspecified atom stereocenters. The molecule has 0 radical (unpaired) electrons. The number of piperidine rings is 1. The molecule has 2 aromatic rings. The Morgan fingerprint density at radius 3 is 2.68 bits per heavy atom. The van der Waals surface area contributed by atoms with E-state index < -0.39 is 0 Å². The van der Waals surface area contributed by atoms with Crippen LogP contribution in [0.1, 0.15) is 24.5 Å². The van der Waals surface area contributed by atoms with E-state index >= 15 is 0 Å². The highest BCUT2D eigenvalue weighted by molar-refractivity contribution is 6.33. The van der Waals surface area contributed by atoms with Gasteiger partial charge in [-0.2, -0.15) is 0 Å². The SMILES string of the molecule is Clc1ccccc1-c1ccnc(C2CCNCC2)c1. The van der Waals surface area contributed by atoms with Crippen molar-refractivity contribution in [3.05, 3.63) is 53.3 Å². The predicted molar refractivity (Wildman–Crippen MR) is 79.5 cm³/mol. The van der Waals surface area contributed by atoms with Crippen LogP contribution in [0.25, 0.3) is 11.1 Å². The third-order valence-corrected chi connectivity index (χ3v) is 4.05. The molecule has 98 valence electrons. The van der Waals surface area contributed by atoms with Crippen molar-refractivity contribution in [2.45, 2.75) is 18.8 Å². The van der Waals surface area contributed by atoms with Crippen molar-refractivity contribution in [3.63, 3.8) is 0 Å². The van der Waals surface area contributed by atoms with Crippen LogP contribution in [0.4, 0.5) is 0 Å². The van der Waals surface area contributed by atoms with E-state index in [-0.39, 0.29) is 0 Å². The van der Waals surface area contributed by atoms with Crippen LogP contribution in [0, 0.1) is 0 Å². The highest BCUT2D eigenvalue weighted by Crippen LogP contribution is 2.30. The van der Waals surface area contributed by atoms with Crippen LogP contribution in [-0.2, 0) is 0 Å². The van der Waals surface area contributed by atoms with Crippen molar-refractivity contribution < 1.29 is 0 Å². The fourth-order valence-electron chi connectivity index (χ4n) is 2.65. The summed E-state index contributed by atoms with van der Waals surface area (Å²) < 4.78 is 0. The van der Waals surface area contributed by atoms with E-state index in [9.17, 15) is 0 Å². The van der Waals surface area contributed by atoms with E-state index in [0.717, 1.165) is 29.2 Å². The maximum atomic E-state index is 6.27. The zero-order valence-electron chi connectivity index (χ0n) is 10.8. The monoisotopic (exact) mass is 272 g/mol. The topological polar surface area (TPSA) is 24.9 Å². The first kappa shape index (κ1) is 12.6. The van der Waals surface area contributed by atoms with Gasteiger partial charge in [-0.15, -0.1) is 0 Å². The third-order valence-electron chi connectivity index (χ3n) is 3.72. The Labute approximate surface area is 118 Å². The van der Waals surface area contributed by atoms with Crippen LogP contribution in [0.15, 0.2) is 42.6 Å². The number of rotatable bonds is 2. The lowest BCUT2D eigenvalue weighted by atomic mass is 9.92. The summed E-state index contributed by atoms with van der Waals surface area (Å²) in [6, 6.07) is 12.2. The Balaban J connectivity index is 1.93. The van der Waals surface area contributed by atoms with Crippen molar-refractivity contribution in [1.29, 1.82) is 0 Å².